The summed E-state index contributed by atoms with van der Waals surface area (Å²) < 4.78 is 2.84. The van der Waals surface area contributed by atoms with Crippen molar-refractivity contribution in [3.63, 3.8) is 0 Å². The Labute approximate surface area is 194 Å². The van der Waals surface area contributed by atoms with Gasteiger partial charge in [0, 0.05) is 28.0 Å². The SMILES string of the molecule is Cn1c(SCC(=O)Nc2nc(-c3ccc(Br)cc3)cs2)nnc1-c1ccccc1Cl. The lowest BCUT2D eigenvalue weighted by Crippen LogP contribution is -2.14. The summed E-state index contributed by atoms with van der Waals surface area (Å²) >= 11 is 12.4. The molecule has 2 heterocycles. The lowest BCUT2D eigenvalue weighted by molar-refractivity contribution is -0.113. The van der Waals surface area contributed by atoms with Gasteiger partial charge in [0.05, 0.1) is 16.5 Å². The highest BCUT2D eigenvalue weighted by atomic mass is 79.9. The molecule has 0 saturated heterocycles. The van der Waals surface area contributed by atoms with Crippen LogP contribution in [-0.4, -0.2) is 31.4 Å². The third-order valence-corrected chi connectivity index (χ3v) is 6.81. The van der Waals surface area contributed by atoms with E-state index in [-0.39, 0.29) is 11.7 Å². The lowest BCUT2D eigenvalue weighted by atomic mass is 10.2. The number of hydrogen-bond donors (Lipinski definition) is 1. The molecule has 0 spiro atoms. The number of carbonyl (C=O) groups is 1. The molecular formula is C20H15BrClN5OS2. The Balaban J connectivity index is 1.38. The molecule has 0 atom stereocenters. The quantitative estimate of drug-likeness (QED) is 0.328. The third kappa shape index (κ3) is 4.75. The van der Waals surface area contributed by atoms with Crippen molar-refractivity contribution in [1.82, 2.24) is 19.7 Å². The number of nitrogens with one attached hydrogen (secondary N) is 1. The van der Waals surface area contributed by atoms with Gasteiger partial charge in [0.1, 0.15) is 0 Å². The van der Waals surface area contributed by atoms with Gasteiger partial charge >= 0.3 is 0 Å². The second-order valence-electron chi connectivity index (χ2n) is 6.23. The predicted octanol–water partition coefficient (Wildman–Crippen LogP) is 5.75. The number of halogens is 2. The monoisotopic (exact) mass is 519 g/mol. The zero-order chi connectivity index (χ0) is 21.1. The highest BCUT2D eigenvalue weighted by Gasteiger charge is 2.15. The number of anilines is 1. The van der Waals surface area contributed by atoms with Gasteiger partial charge in [0.2, 0.25) is 5.91 Å². The summed E-state index contributed by atoms with van der Waals surface area (Å²) in [6.45, 7) is 0. The van der Waals surface area contributed by atoms with Gasteiger partial charge < -0.3 is 9.88 Å². The fourth-order valence-corrected chi connectivity index (χ4v) is 4.62. The summed E-state index contributed by atoms with van der Waals surface area (Å²) in [4.78, 5) is 16.9. The van der Waals surface area contributed by atoms with Gasteiger partial charge in [-0.1, -0.05) is 63.6 Å². The second-order valence-corrected chi connectivity index (χ2v) is 9.35. The predicted molar refractivity (Wildman–Crippen MR) is 126 cm³/mol. The van der Waals surface area contributed by atoms with E-state index in [0.29, 0.717) is 21.1 Å². The molecule has 4 rings (SSSR count). The Morgan fingerprint density at radius 3 is 2.73 bits per heavy atom. The lowest BCUT2D eigenvalue weighted by Gasteiger charge is -2.05. The summed E-state index contributed by atoms with van der Waals surface area (Å²) in [6.07, 6.45) is 0. The van der Waals surface area contributed by atoms with E-state index in [1.165, 1.54) is 23.1 Å². The number of aromatic nitrogens is 4. The van der Waals surface area contributed by atoms with E-state index >= 15 is 0 Å². The van der Waals surface area contributed by atoms with Crippen LogP contribution in [0.1, 0.15) is 0 Å². The molecule has 0 radical (unpaired) electrons. The average Bonchev–Trinajstić information content (AvgIpc) is 3.34. The van der Waals surface area contributed by atoms with Crippen molar-refractivity contribution < 1.29 is 4.79 Å². The Kier molecular flexibility index (Phi) is 6.52. The molecule has 1 N–H and O–H groups in total. The molecule has 1 amide bonds. The number of benzene rings is 2. The van der Waals surface area contributed by atoms with Gasteiger partial charge in [-0.05, 0) is 24.3 Å². The fraction of sp³-hybridized carbons (Fsp3) is 0.100. The molecule has 4 aromatic rings. The highest BCUT2D eigenvalue weighted by Crippen LogP contribution is 2.29. The van der Waals surface area contributed by atoms with Crippen molar-refractivity contribution in [2.75, 3.05) is 11.1 Å². The molecule has 0 saturated carbocycles. The van der Waals surface area contributed by atoms with Crippen LogP contribution >= 0.6 is 50.6 Å². The molecule has 0 aliphatic heterocycles. The van der Waals surface area contributed by atoms with E-state index in [2.05, 4.69) is 36.4 Å². The number of amides is 1. The molecular weight excluding hydrogens is 506 g/mol. The Morgan fingerprint density at radius 1 is 1.20 bits per heavy atom. The van der Waals surface area contributed by atoms with E-state index < -0.39 is 0 Å². The van der Waals surface area contributed by atoms with Crippen LogP contribution in [0.25, 0.3) is 22.6 Å². The van der Waals surface area contributed by atoms with Gasteiger partial charge in [-0.2, -0.15) is 0 Å². The van der Waals surface area contributed by atoms with Crippen LogP contribution in [0.4, 0.5) is 5.13 Å². The maximum absolute atomic E-state index is 12.4. The van der Waals surface area contributed by atoms with Crippen LogP contribution in [0, 0.1) is 0 Å². The van der Waals surface area contributed by atoms with Gasteiger partial charge in [0.15, 0.2) is 16.1 Å². The molecule has 2 aromatic heterocycles. The molecule has 0 aliphatic carbocycles. The summed E-state index contributed by atoms with van der Waals surface area (Å²) in [5.41, 5.74) is 2.62. The maximum atomic E-state index is 12.4. The summed E-state index contributed by atoms with van der Waals surface area (Å²) in [7, 11) is 1.85. The van der Waals surface area contributed by atoms with E-state index in [4.69, 9.17) is 11.6 Å². The Bertz CT molecular complexity index is 1190. The van der Waals surface area contributed by atoms with Crippen LogP contribution in [0.15, 0.2) is 63.5 Å². The average molecular weight is 521 g/mol. The minimum Gasteiger partial charge on any atom is -0.305 e. The number of thioether (sulfide) groups is 1. The van der Waals surface area contributed by atoms with E-state index in [9.17, 15) is 4.79 Å². The smallest absolute Gasteiger partial charge is 0.236 e. The minimum atomic E-state index is -0.154. The maximum Gasteiger partial charge on any atom is 0.236 e. The fourth-order valence-electron chi connectivity index (χ4n) is 2.69. The van der Waals surface area contributed by atoms with E-state index in [0.717, 1.165) is 21.3 Å². The first-order chi connectivity index (χ1) is 14.5. The van der Waals surface area contributed by atoms with E-state index in [1.807, 2.05) is 65.5 Å². The van der Waals surface area contributed by atoms with Crippen molar-refractivity contribution in [3.05, 3.63) is 63.4 Å². The van der Waals surface area contributed by atoms with Crippen molar-refractivity contribution in [1.29, 1.82) is 0 Å². The molecule has 0 bridgehead atoms. The Morgan fingerprint density at radius 2 is 1.97 bits per heavy atom. The highest BCUT2D eigenvalue weighted by molar-refractivity contribution is 9.10. The molecule has 0 unspecified atom stereocenters. The topological polar surface area (TPSA) is 72.7 Å². The summed E-state index contributed by atoms with van der Waals surface area (Å²) in [5, 5.41) is 15.0. The second kappa shape index (κ2) is 9.30. The first-order valence-corrected chi connectivity index (χ1v) is 11.8. The van der Waals surface area contributed by atoms with Crippen LogP contribution in [-0.2, 0) is 11.8 Å². The van der Waals surface area contributed by atoms with Crippen LogP contribution in [0.3, 0.4) is 0 Å². The number of carbonyl (C=O) groups excluding carboxylic acids is 1. The normalized spacial score (nSPS) is 10.9. The van der Waals surface area contributed by atoms with Gasteiger partial charge in [-0.15, -0.1) is 21.5 Å². The molecule has 2 aromatic carbocycles. The van der Waals surface area contributed by atoms with Crippen LogP contribution in [0.5, 0.6) is 0 Å². The molecule has 30 heavy (non-hydrogen) atoms. The Hall–Kier alpha value is -2.20. The molecule has 0 fully saturated rings. The van der Waals surface area contributed by atoms with Crippen LogP contribution < -0.4 is 5.32 Å². The molecule has 152 valence electrons. The molecule has 0 aliphatic rings. The van der Waals surface area contributed by atoms with Crippen molar-refractivity contribution in [3.8, 4) is 22.6 Å². The zero-order valence-electron chi connectivity index (χ0n) is 15.7. The van der Waals surface area contributed by atoms with Gasteiger partial charge in [0.25, 0.3) is 0 Å². The first-order valence-electron chi connectivity index (χ1n) is 8.79. The third-order valence-electron chi connectivity index (χ3n) is 4.17. The summed E-state index contributed by atoms with van der Waals surface area (Å²) in [6, 6.07) is 15.3. The van der Waals surface area contributed by atoms with Crippen molar-refractivity contribution in [2.24, 2.45) is 7.05 Å². The van der Waals surface area contributed by atoms with E-state index in [1.54, 1.807) is 0 Å². The number of hydrogen-bond acceptors (Lipinski definition) is 6. The zero-order valence-corrected chi connectivity index (χ0v) is 19.6. The number of thiazole rings is 1. The number of nitrogens with zero attached hydrogens (tertiary/aromatic N) is 4. The van der Waals surface area contributed by atoms with Gasteiger partial charge in [-0.3, -0.25) is 4.79 Å². The molecule has 10 heteroatoms. The first kappa shape index (κ1) is 21.0. The minimum absolute atomic E-state index is 0.154. The number of rotatable bonds is 6. The largest absolute Gasteiger partial charge is 0.305 e. The van der Waals surface area contributed by atoms with Crippen molar-refractivity contribution in [2.45, 2.75) is 5.16 Å². The summed E-state index contributed by atoms with van der Waals surface area (Å²) in [5.74, 6) is 0.698. The van der Waals surface area contributed by atoms with Gasteiger partial charge in [-0.25, -0.2) is 4.98 Å². The van der Waals surface area contributed by atoms with Crippen molar-refractivity contribution >= 4 is 61.7 Å². The molecule has 6 nitrogen and oxygen atoms in total. The standard InChI is InChI=1S/C20H15BrClN5OS2/c1-27-18(14-4-2-3-5-15(14)22)25-26-20(27)30-11-17(28)24-19-23-16(10-29-19)12-6-8-13(21)9-7-12/h2-10H,11H2,1H3,(H,23,24,28). The van der Waals surface area contributed by atoms with Crippen LogP contribution in [0.2, 0.25) is 5.02 Å².